The van der Waals surface area contributed by atoms with Crippen molar-refractivity contribution in [1.82, 2.24) is 10.0 Å². The molecule has 0 spiro atoms. The van der Waals surface area contributed by atoms with Crippen LogP contribution in [0.4, 0.5) is 0 Å². The van der Waals surface area contributed by atoms with E-state index in [1.165, 1.54) is 12.1 Å². The Labute approximate surface area is 125 Å². The number of nitrogens with one attached hydrogen (secondary N) is 2. The highest BCUT2D eigenvalue weighted by Gasteiger charge is 2.19. The van der Waals surface area contributed by atoms with Gasteiger partial charge in [0.2, 0.25) is 10.0 Å². The normalized spacial score (nSPS) is 20.4. The lowest BCUT2D eigenvalue weighted by atomic mass is 10.3. The molecule has 0 bridgehead atoms. The minimum absolute atomic E-state index is 0.140. The molecule has 1 aliphatic rings. The predicted octanol–water partition coefficient (Wildman–Crippen LogP) is 1.37. The van der Waals surface area contributed by atoms with Crippen molar-refractivity contribution >= 4 is 37.6 Å². The molecule has 0 saturated carbocycles. The second-order valence-electron chi connectivity index (χ2n) is 4.12. The first-order valence-corrected chi connectivity index (χ1v) is 8.41. The summed E-state index contributed by atoms with van der Waals surface area (Å²) in [6.45, 7) is 2.29. The maximum atomic E-state index is 12.1. The molecule has 2 rings (SSSR count). The van der Waals surface area contributed by atoms with Crippen LogP contribution < -0.4 is 10.0 Å². The van der Waals surface area contributed by atoms with E-state index in [4.69, 9.17) is 16.3 Å². The molecular weight excluding hydrogens is 356 g/mol. The van der Waals surface area contributed by atoms with Gasteiger partial charge in [0.25, 0.3) is 0 Å². The first kappa shape index (κ1) is 15.2. The van der Waals surface area contributed by atoms with E-state index in [0.29, 0.717) is 22.6 Å². The summed E-state index contributed by atoms with van der Waals surface area (Å²) in [5.74, 6) is 0. The van der Waals surface area contributed by atoms with Crippen molar-refractivity contribution in [2.45, 2.75) is 11.0 Å². The van der Waals surface area contributed by atoms with Crippen molar-refractivity contribution in [3.05, 3.63) is 27.7 Å². The first-order chi connectivity index (χ1) is 8.99. The highest BCUT2D eigenvalue weighted by molar-refractivity contribution is 9.10. The third-order valence-corrected chi connectivity index (χ3v) is 5.34. The third-order valence-electron chi connectivity index (χ3n) is 2.71. The largest absolute Gasteiger partial charge is 0.374 e. The molecule has 1 unspecified atom stereocenters. The van der Waals surface area contributed by atoms with Gasteiger partial charge in [-0.3, -0.25) is 0 Å². The molecule has 0 aromatic heterocycles. The van der Waals surface area contributed by atoms with Gasteiger partial charge < -0.3 is 10.1 Å². The molecule has 1 atom stereocenters. The smallest absolute Gasteiger partial charge is 0.240 e. The molecule has 1 aromatic rings. The van der Waals surface area contributed by atoms with Crippen LogP contribution in [0, 0.1) is 0 Å². The Morgan fingerprint density at radius 2 is 2.32 bits per heavy atom. The summed E-state index contributed by atoms with van der Waals surface area (Å²) in [6.07, 6.45) is -0.140. The Hall–Kier alpha value is -0.180. The van der Waals surface area contributed by atoms with Gasteiger partial charge in [0.05, 0.1) is 22.6 Å². The average molecular weight is 370 g/mol. The molecule has 106 valence electrons. The number of sulfonamides is 1. The van der Waals surface area contributed by atoms with Crippen molar-refractivity contribution in [1.29, 1.82) is 0 Å². The van der Waals surface area contributed by atoms with E-state index in [1.54, 1.807) is 6.07 Å². The van der Waals surface area contributed by atoms with Gasteiger partial charge >= 0.3 is 0 Å². The fraction of sp³-hybridized carbons (Fsp3) is 0.455. The second-order valence-corrected chi connectivity index (χ2v) is 7.15. The summed E-state index contributed by atoms with van der Waals surface area (Å²) in [5, 5.41) is 3.61. The molecule has 19 heavy (non-hydrogen) atoms. The van der Waals surface area contributed by atoms with Gasteiger partial charge in [0, 0.05) is 24.1 Å². The zero-order valence-electron chi connectivity index (χ0n) is 10.0. The SMILES string of the molecule is O=S(=O)(NCC1CNCCO1)c1ccc(Cl)c(Br)c1. The van der Waals surface area contributed by atoms with E-state index >= 15 is 0 Å². The number of hydrogen-bond donors (Lipinski definition) is 2. The van der Waals surface area contributed by atoms with E-state index < -0.39 is 10.0 Å². The van der Waals surface area contributed by atoms with E-state index in [9.17, 15) is 8.42 Å². The van der Waals surface area contributed by atoms with Crippen LogP contribution in [0.5, 0.6) is 0 Å². The first-order valence-electron chi connectivity index (χ1n) is 5.76. The summed E-state index contributed by atoms with van der Waals surface area (Å²) < 4.78 is 32.7. The van der Waals surface area contributed by atoms with Crippen LogP contribution in [0.1, 0.15) is 0 Å². The molecule has 1 fully saturated rings. The highest BCUT2D eigenvalue weighted by Crippen LogP contribution is 2.25. The van der Waals surface area contributed by atoms with Crippen LogP contribution in [0.3, 0.4) is 0 Å². The highest BCUT2D eigenvalue weighted by atomic mass is 79.9. The van der Waals surface area contributed by atoms with Crippen LogP contribution >= 0.6 is 27.5 Å². The molecule has 2 N–H and O–H groups in total. The zero-order chi connectivity index (χ0) is 13.9. The lowest BCUT2D eigenvalue weighted by molar-refractivity contribution is 0.0324. The molecule has 8 heteroatoms. The lowest BCUT2D eigenvalue weighted by Crippen LogP contribution is -2.45. The molecule has 1 aliphatic heterocycles. The summed E-state index contributed by atoms with van der Waals surface area (Å²) in [5.41, 5.74) is 0. The van der Waals surface area contributed by atoms with Crippen molar-refractivity contribution in [2.75, 3.05) is 26.2 Å². The predicted molar refractivity (Wildman–Crippen MR) is 77.0 cm³/mol. The molecule has 0 radical (unpaired) electrons. The number of morpholine rings is 1. The monoisotopic (exact) mass is 368 g/mol. The lowest BCUT2D eigenvalue weighted by Gasteiger charge is -2.23. The minimum Gasteiger partial charge on any atom is -0.374 e. The van der Waals surface area contributed by atoms with Crippen LogP contribution in [0.25, 0.3) is 0 Å². The van der Waals surface area contributed by atoms with Crippen LogP contribution in [0.2, 0.25) is 5.02 Å². The van der Waals surface area contributed by atoms with Gasteiger partial charge in [-0.2, -0.15) is 0 Å². The van der Waals surface area contributed by atoms with Gasteiger partial charge in [-0.1, -0.05) is 11.6 Å². The summed E-state index contributed by atoms with van der Waals surface area (Å²) in [4.78, 5) is 0.174. The fourth-order valence-corrected chi connectivity index (χ4v) is 3.42. The summed E-state index contributed by atoms with van der Waals surface area (Å²) >= 11 is 9.05. The van der Waals surface area contributed by atoms with E-state index in [1.807, 2.05) is 0 Å². The number of rotatable bonds is 4. The van der Waals surface area contributed by atoms with Gasteiger partial charge in [0.1, 0.15) is 0 Å². The van der Waals surface area contributed by atoms with E-state index in [2.05, 4.69) is 26.0 Å². The minimum atomic E-state index is -3.55. The molecule has 0 amide bonds. The van der Waals surface area contributed by atoms with E-state index in [-0.39, 0.29) is 17.5 Å². The topological polar surface area (TPSA) is 67.4 Å². The second kappa shape index (κ2) is 6.51. The molecule has 5 nitrogen and oxygen atoms in total. The van der Waals surface area contributed by atoms with Crippen molar-refractivity contribution in [2.24, 2.45) is 0 Å². The summed E-state index contributed by atoms with van der Waals surface area (Å²) in [7, 11) is -3.55. The maximum absolute atomic E-state index is 12.1. The Morgan fingerprint density at radius 1 is 1.53 bits per heavy atom. The van der Waals surface area contributed by atoms with Crippen molar-refractivity contribution in [3.63, 3.8) is 0 Å². The fourth-order valence-electron chi connectivity index (χ4n) is 1.68. The Kier molecular flexibility index (Phi) is 5.22. The molecule has 1 saturated heterocycles. The van der Waals surface area contributed by atoms with E-state index in [0.717, 1.165) is 6.54 Å². The third kappa shape index (κ3) is 4.14. The van der Waals surface area contributed by atoms with Gasteiger partial charge in [-0.15, -0.1) is 0 Å². The van der Waals surface area contributed by atoms with Crippen molar-refractivity contribution in [3.8, 4) is 0 Å². The molecule has 1 aromatic carbocycles. The zero-order valence-corrected chi connectivity index (χ0v) is 13.2. The van der Waals surface area contributed by atoms with Crippen LogP contribution in [-0.2, 0) is 14.8 Å². The molecule has 1 heterocycles. The Bertz CT molecular complexity index is 547. The van der Waals surface area contributed by atoms with Gasteiger partial charge in [-0.25, -0.2) is 13.1 Å². The van der Waals surface area contributed by atoms with Gasteiger partial charge in [-0.05, 0) is 34.1 Å². The summed E-state index contributed by atoms with van der Waals surface area (Å²) in [6, 6.07) is 4.49. The number of benzene rings is 1. The number of ether oxygens (including phenoxy) is 1. The number of hydrogen-bond acceptors (Lipinski definition) is 4. The quantitative estimate of drug-likeness (QED) is 0.841. The molecule has 0 aliphatic carbocycles. The maximum Gasteiger partial charge on any atom is 0.240 e. The van der Waals surface area contributed by atoms with Gasteiger partial charge in [0.15, 0.2) is 0 Å². The average Bonchev–Trinajstić information content (AvgIpc) is 2.41. The van der Waals surface area contributed by atoms with Crippen LogP contribution in [-0.4, -0.2) is 40.8 Å². The Morgan fingerprint density at radius 3 is 2.95 bits per heavy atom. The molecular formula is C11H14BrClN2O3S. The van der Waals surface area contributed by atoms with Crippen LogP contribution in [0.15, 0.2) is 27.6 Å². The number of halogens is 2. The Balaban J connectivity index is 2.02. The van der Waals surface area contributed by atoms with Crippen molar-refractivity contribution < 1.29 is 13.2 Å². The standard InChI is InChI=1S/C11H14BrClN2O3S/c12-10-5-9(1-2-11(10)13)19(16,17)15-7-8-6-14-3-4-18-8/h1-2,5,8,14-15H,3-4,6-7H2.